The van der Waals surface area contributed by atoms with Crippen molar-refractivity contribution in [2.45, 2.75) is 20.3 Å². The van der Waals surface area contributed by atoms with Crippen molar-refractivity contribution in [3.8, 4) is 10.6 Å². The number of hydrogen-bond acceptors (Lipinski definition) is 5. The summed E-state index contributed by atoms with van der Waals surface area (Å²) in [6.07, 6.45) is 0.663. The molecule has 1 heterocycles. The average Bonchev–Trinajstić information content (AvgIpc) is 3.02. The molecule has 0 unspecified atom stereocenters. The minimum Gasteiger partial charge on any atom is -0.352 e. The number of amides is 1. The standard InChI is InChI=1S/C20H19N3O3S/c1-13-5-3-7-16(11-13)20-22-14(2)18(27-20)9-10-21-19(24)15-6-4-8-17(12-15)23(25)26/h3-8,11-12H,9-10H2,1-2H3,(H,21,24). The highest BCUT2D eigenvalue weighted by Gasteiger charge is 2.13. The second-order valence-corrected chi connectivity index (χ2v) is 7.29. The van der Waals surface area contributed by atoms with Crippen LogP contribution in [0.4, 0.5) is 5.69 Å². The lowest BCUT2D eigenvalue weighted by Gasteiger charge is -2.04. The van der Waals surface area contributed by atoms with Crippen LogP contribution < -0.4 is 5.32 Å². The van der Waals surface area contributed by atoms with Gasteiger partial charge >= 0.3 is 0 Å². The maximum absolute atomic E-state index is 12.2. The number of nitrogens with zero attached hydrogens (tertiary/aromatic N) is 2. The minimum atomic E-state index is -0.510. The summed E-state index contributed by atoms with van der Waals surface area (Å²) in [5, 5.41) is 14.6. The Morgan fingerprint density at radius 2 is 1.96 bits per heavy atom. The van der Waals surface area contributed by atoms with Gasteiger partial charge in [-0.1, -0.05) is 29.8 Å². The van der Waals surface area contributed by atoms with Gasteiger partial charge < -0.3 is 5.32 Å². The molecule has 138 valence electrons. The Morgan fingerprint density at radius 3 is 2.70 bits per heavy atom. The molecule has 2 aromatic carbocycles. The first-order chi connectivity index (χ1) is 12.9. The number of nitrogens with one attached hydrogen (secondary N) is 1. The quantitative estimate of drug-likeness (QED) is 0.509. The van der Waals surface area contributed by atoms with Gasteiger partial charge in [-0.3, -0.25) is 14.9 Å². The van der Waals surface area contributed by atoms with E-state index in [0.717, 1.165) is 21.1 Å². The maximum Gasteiger partial charge on any atom is 0.270 e. The van der Waals surface area contributed by atoms with E-state index < -0.39 is 4.92 Å². The highest BCUT2D eigenvalue weighted by Crippen LogP contribution is 2.28. The molecule has 0 aliphatic heterocycles. The van der Waals surface area contributed by atoms with Crippen LogP contribution in [0, 0.1) is 24.0 Å². The minimum absolute atomic E-state index is 0.0938. The number of benzene rings is 2. The molecule has 3 rings (SSSR count). The second-order valence-electron chi connectivity index (χ2n) is 6.21. The first-order valence-corrected chi connectivity index (χ1v) is 9.31. The lowest BCUT2D eigenvalue weighted by atomic mass is 10.1. The summed E-state index contributed by atoms with van der Waals surface area (Å²) in [6.45, 7) is 4.46. The van der Waals surface area contributed by atoms with E-state index in [0.29, 0.717) is 13.0 Å². The van der Waals surface area contributed by atoms with E-state index in [1.165, 1.54) is 23.8 Å². The first-order valence-electron chi connectivity index (χ1n) is 8.50. The summed E-state index contributed by atoms with van der Waals surface area (Å²) >= 11 is 1.62. The molecule has 0 radical (unpaired) electrons. The Kier molecular flexibility index (Phi) is 5.61. The summed E-state index contributed by atoms with van der Waals surface area (Å²) in [5.74, 6) is -0.320. The predicted octanol–water partition coefficient (Wildman–Crippen LogP) is 4.31. The van der Waals surface area contributed by atoms with Crippen LogP contribution in [0.2, 0.25) is 0 Å². The molecular weight excluding hydrogens is 362 g/mol. The number of aryl methyl sites for hydroxylation is 2. The van der Waals surface area contributed by atoms with Gasteiger partial charge in [-0.25, -0.2) is 4.98 Å². The van der Waals surface area contributed by atoms with Gasteiger partial charge in [0.15, 0.2) is 0 Å². The number of aromatic nitrogens is 1. The normalized spacial score (nSPS) is 10.6. The third-order valence-electron chi connectivity index (χ3n) is 4.11. The largest absolute Gasteiger partial charge is 0.352 e. The number of rotatable bonds is 6. The molecule has 0 aliphatic carbocycles. The van der Waals surface area contributed by atoms with Crippen LogP contribution in [0.1, 0.15) is 26.5 Å². The Labute approximate surface area is 161 Å². The number of carbonyl (C=O) groups excluding carboxylic acids is 1. The number of carbonyl (C=O) groups is 1. The number of thiazole rings is 1. The van der Waals surface area contributed by atoms with E-state index in [9.17, 15) is 14.9 Å². The SMILES string of the molecule is Cc1cccc(-c2nc(C)c(CCNC(=O)c3cccc([N+](=O)[O-])c3)s2)c1. The Hall–Kier alpha value is -3.06. The van der Waals surface area contributed by atoms with E-state index in [4.69, 9.17) is 0 Å². The number of non-ortho nitro benzene ring substituents is 1. The van der Waals surface area contributed by atoms with E-state index in [1.54, 1.807) is 17.4 Å². The molecule has 0 saturated carbocycles. The molecule has 0 spiro atoms. The van der Waals surface area contributed by atoms with Crippen LogP contribution in [0.25, 0.3) is 10.6 Å². The van der Waals surface area contributed by atoms with Gasteiger partial charge in [0.05, 0.1) is 10.6 Å². The van der Waals surface area contributed by atoms with Crippen molar-refractivity contribution in [1.29, 1.82) is 0 Å². The lowest BCUT2D eigenvalue weighted by molar-refractivity contribution is -0.384. The topological polar surface area (TPSA) is 85.1 Å². The van der Waals surface area contributed by atoms with Crippen molar-refractivity contribution in [3.63, 3.8) is 0 Å². The number of nitro benzene ring substituents is 1. The van der Waals surface area contributed by atoms with E-state index >= 15 is 0 Å². The fourth-order valence-corrected chi connectivity index (χ4v) is 3.77. The molecule has 0 fully saturated rings. The lowest BCUT2D eigenvalue weighted by Crippen LogP contribution is -2.25. The van der Waals surface area contributed by atoms with Crippen molar-refractivity contribution >= 4 is 22.9 Å². The monoisotopic (exact) mass is 381 g/mol. The second kappa shape index (κ2) is 8.09. The fraction of sp³-hybridized carbons (Fsp3) is 0.200. The van der Waals surface area contributed by atoms with Crippen molar-refractivity contribution in [2.75, 3.05) is 6.54 Å². The van der Waals surface area contributed by atoms with Crippen LogP contribution in [0.15, 0.2) is 48.5 Å². The van der Waals surface area contributed by atoms with Gasteiger partial charge in [0.25, 0.3) is 11.6 Å². The zero-order chi connectivity index (χ0) is 19.4. The molecule has 0 atom stereocenters. The van der Waals surface area contributed by atoms with Gasteiger partial charge in [-0.2, -0.15) is 0 Å². The van der Waals surface area contributed by atoms with Crippen LogP contribution in [0.5, 0.6) is 0 Å². The third kappa shape index (κ3) is 4.57. The van der Waals surface area contributed by atoms with Gasteiger partial charge in [-0.15, -0.1) is 11.3 Å². The maximum atomic E-state index is 12.2. The van der Waals surface area contributed by atoms with E-state index in [1.807, 2.05) is 32.0 Å². The average molecular weight is 381 g/mol. The van der Waals surface area contributed by atoms with E-state index in [2.05, 4.69) is 16.4 Å². The molecule has 3 aromatic rings. The van der Waals surface area contributed by atoms with Crippen LogP contribution >= 0.6 is 11.3 Å². The van der Waals surface area contributed by atoms with Crippen molar-refractivity contribution in [3.05, 3.63) is 80.3 Å². The predicted molar refractivity (Wildman–Crippen MR) is 106 cm³/mol. The van der Waals surface area contributed by atoms with Gasteiger partial charge in [-0.05, 0) is 26.0 Å². The third-order valence-corrected chi connectivity index (χ3v) is 5.38. The number of nitro groups is 1. The Bertz CT molecular complexity index is 998. The fourth-order valence-electron chi connectivity index (χ4n) is 2.71. The molecule has 27 heavy (non-hydrogen) atoms. The van der Waals surface area contributed by atoms with Crippen LogP contribution in [0.3, 0.4) is 0 Å². The molecular formula is C20H19N3O3S. The molecule has 7 heteroatoms. The first kappa shape index (κ1) is 18.7. The summed E-state index contributed by atoms with van der Waals surface area (Å²) in [4.78, 5) is 28.3. The zero-order valence-corrected chi connectivity index (χ0v) is 15.9. The number of hydrogen-bond donors (Lipinski definition) is 1. The molecule has 1 aromatic heterocycles. The van der Waals surface area contributed by atoms with Crippen molar-refractivity contribution in [2.24, 2.45) is 0 Å². The Morgan fingerprint density at radius 1 is 1.19 bits per heavy atom. The summed E-state index contributed by atoms with van der Waals surface area (Å²) < 4.78 is 0. The van der Waals surface area contributed by atoms with Gasteiger partial charge in [0, 0.05) is 41.1 Å². The van der Waals surface area contributed by atoms with Crippen LogP contribution in [-0.2, 0) is 6.42 Å². The molecule has 0 aliphatic rings. The summed E-state index contributed by atoms with van der Waals surface area (Å²) in [7, 11) is 0. The zero-order valence-electron chi connectivity index (χ0n) is 15.1. The van der Waals surface area contributed by atoms with Gasteiger partial charge in [0.2, 0.25) is 0 Å². The Balaban J connectivity index is 1.63. The van der Waals surface area contributed by atoms with Crippen molar-refractivity contribution in [1.82, 2.24) is 10.3 Å². The molecule has 6 nitrogen and oxygen atoms in total. The molecule has 0 bridgehead atoms. The van der Waals surface area contributed by atoms with E-state index in [-0.39, 0.29) is 17.2 Å². The van der Waals surface area contributed by atoms with Crippen LogP contribution in [-0.4, -0.2) is 22.4 Å². The molecule has 1 amide bonds. The smallest absolute Gasteiger partial charge is 0.270 e. The molecule has 0 saturated heterocycles. The summed E-state index contributed by atoms with van der Waals surface area (Å²) in [6, 6.07) is 13.9. The highest BCUT2D eigenvalue weighted by molar-refractivity contribution is 7.15. The molecule has 1 N–H and O–H groups in total. The highest BCUT2D eigenvalue weighted by atomic mass is 32.1. The summed E-state index contributed by atoms with van der Waals surface area (Å²) in [5.41, 5.74) is 3.43. The van der Waals surface area contributed by atoms with Crippen molar-refractivity contribution < 1.29 is 9.72 Å². The van der Waals surface area contributed by atoms with Gasteiger partial charge in [0.1, 0.15) is 5.01 Å².